The standard InChI is InChI=1S/C20H22ClNO4/c1-4-25-19(24)17-15(11-6-5-7-12(21)8-11)16-13(23)9-20(2,3)10-14(16)26-18(17)22/h5-8,15H,4,9-10,22H2,1-3H3. The van der Waals surface area contributed by atoms with Crippen LogP contribution in [0.3, 0.4) is 0 Å². The van der Waals surface area contributed by atoms with E-state index in [0.29, 0.717) is 34.8 Å². The molecular formula is C20H22ClNO4. The number of ketones is 1. The molecule has 2 N–H and O–H groups in total. The van der Waals surface area contributed by atoms with E-state index in [1.54, 1.807) is 25.1 Å². The van der Waals surface area contributed by atoms with Crippen LogP contribution in [0.2, 0.25) is 5.02 Å². The van der Waals surface area contributed by atoms with Crippen molar-refractivity contribution in [3.63, 3.8) is 0 Å². The van der Waals surface area contributed by atoms with Crippen molar-refractivity contribution in [3.05, 3.63) is 57.6 Å². The molecule has 0 saturated carbocycles. The Kier molecular flexibility index (Phi) is 4.84. The lowest BCUT2D eigenvalue weighted by atomic mass is 9.70. The highest BCUT2D eigenvalue weighted by Gasteiger charge is 2.45. The lowest BCUT2D eigenvalue weighted by Gasteiger charge is -2.38. The van der Waals surface area contributed by atoms with Gasteiger partial charge in [0.2, 0.25) is 5.88 Å². The van der Waals surface area contributed by atoms with Crippen LogP contribution in [-0.2, 0) is 19.1 Å². The van der Waals surface area contributed by atoms with Gasteiger partial charge in [-0.3, -0.25) is 4.79 Å². The number of ether oxygens (including phenoxy) is 2. The first-order valence-electron chi connectivity index (χ1n) is 8.60. The van der Waals surface area contributed by atoms with Gasteiger partial charge in [-0.1, -0.05) is 37.6 Å². The molecule has 1 aliphatic heterocycles. The zero-order chi connectivity index (χ0) is 19.1. The van der Waals surface area contributed by atoms with Crippen molar-refractivity contribution < 1.29 is 19.1 Å². The summed E-state index contributed by atoms with van der Waals surface area (Å²) in [5.74, 6) is -0.755. The van der Waals surface area contributed by atoms with Crippen molar-refractivity contribution in [1.29, 1.82) is 0 Å². The SMILES string of the molecule is CCOC(=O)C1=C(N)OC2=C(C(=O)CC(C)(C)C2)C1c1cccc(Cl)c1. The zero-order valence-corrected chi connectivity index (χ0v) is 15.9. The molecule has 1 atom stereocenters. The maximum absolute atomic E-state index is 13.0. The van der Waals surface area contributed by atoms with Gasteiger partial charge < -0.3 is 15.2 Å². The smallest absolute Gasteiger partial charge is 0.340 e. The Bertz CT molecular complexity index is 838. The number of rotatable bonds is 3. The summed E-state index contributed by atoms with van der Waals surface area (Å²) in [6.07, 6.45) is 0.949. The highest BCUT2D eigenvalue weighted by atomic mass is 35.5. The van der Waals surface area contributed by atoms with Crippen molar-refractivity contribution in [2.45, 2.75) is 39.5 Å². The molecule has 0 fully saturated rings. The van der Waals surface area contributed by atoms with Crippen LogP contribution >= 0.6 is 11.6 Å². The van der Waals surface area contributed by atoms with E-state index in [-0.39, 0.29) is 29.3 Å². The molecule has 1 aromatic carbocycles. The number of esters is 1. The fourth-order valence-electron chi connectivity index (χ4n) is 3.61. The van der Waals surface area contributed by atoms with Crippen molar-refractivity contribution in [3.8, 4) is 0 Å². The summed E-state index contributed by atoms with van der Waals surface area (Å²) in [6.45, 7) is 5.93. The minimum Gasteiger partial charge on any atom is -0.462 e. The fraction of sp³-hybridized carbons (Fsp3) is 0.400. The Labute approximate surface area is 157 Å². The second-order valence-electron chi connectivity index (χ2n) is 7.37. The minimum atomic E-state index is -0.639. The molecule has 1 aliphatic carbocycles. The van der Waals surface area contributed by atoms with E-state index in [1.807, 2.05) is 19.9 Å². The molecule has 2 aliphatic rings. The Morgan fingerprint density at radius 3 is 2.77 bits per heavy atom. The van der Waals surface area contributed by atoms with Crippen LogP contribution in [0.25, 0.3) is 0 Å². The van der Waals surface area contributed by atoms with Crippen LogP contribution in [0.4, 0.5) is 0 Å². The molecule has 0 radical (unpaired) electrons. The molecule has 0 aromatic heterocycles. The second kappa shape index (κ2) is 6.80. The van der Waals surface area contributed by atoms with Crippen LogP contribution in [0.5, 0.6) is 0 Å². The monoisotopic (exact) mass is 375 g/mol. The Morgan fingerprint density at radius 1 is 1.38 bits per heavy atom. The summed E-state index contributed by atoms with van der Waals surface area (Å²) in [5, 5.41) is 0.515. The van der Waals surface area contributed by atoms with Crippen molar-refractivity contribution in [2.75, 3.05) is 6.61 Å². The number of hydrogen-bond donors (Lipinski definition) is 1. The van der Waals surface area contributed by atoms with Crippen molar-refractivity contribution in [1.82, 2.24) is 0 Å². The summed E-state index contributed by atoms with van der Waals surface area (Å²) in [6, 6.07) is 7.08. The van der Waals surface area contributed by atoms with Gasteiger partial charge in [0.25, 0.3) is 0 Å². The minimum absolute atomic E-state index is 0.0160. The van der Waals surface area contributed by atoms with Crippen LogP contribution in [-0.4, -0.2) is 18.4 Å². The average Bonchev–Trinajstić information content (AvgIpc) is 2.52. The predicted molar refractivity (Wildman–Crippen MR) is 98.2 cm³/mol. The van der Waals surface area contributed by atoms with Gasteiger partial charge in [0.15, 0.2) is 5.78 Å². The molecule has 0 amide bonds. The Balaban J connectivity index is 2.18. The number of hydrogen-bond acceptors (Lipinski definition) is 5. The summed E-state index contributed by atoms with van der Waals surface area (Å²) in [7, 11) is 0. The maximum atomic E-state index is 13.0. The molecule has 0 bridgehead atoms. The number of carbonyl (C=O) groups excluding carboxylic acids is 2. The third-order valence-electron chi connectivity index (χ3n) is 4.63. The molecule has 5 nitrogen and oxygen atoms in total. The number of halogens is 1. The third-order valence-corrected chi connectivity index (χ3v) is 4.87. The highest BCUT2D eigenvalue weighted by Crippen LogP contribution is 2.48. The van der Waals surface area contributed by atoms with E-state index in [1.165, 1.54) is 0 Å². The first kappa shape index (κ1) is 18.5. The van der Waals surface area contributed by atoms with E-state index < -0.39 is 11.9 Å². The van der Waals surface area contributed by atoms with Gasteiger partial charge in [0.1, 0.15) is 11.3 Å². The van der Waals surface area contributed by atoms with Crippen LogP contribution < -0.4 is 5.73 Å². The molecule has 1 heterocycles. The number of benzene rings is 1. The topological polar surface area (TPSA) is 78.6 Å². The number of nitrogens with two attached hydrogens (primary N) is 1. The van der Waals surface area contributed by atoms with Crippen LogP contribution in [0.1, 0.15) is 45.1 Å². The van der Waals surface area contributed by atoms with Gasteiger partial charge in [-0.25, -0.2) is 4.79 Å². The number of allylic oxidation sites excluding steroid dienone is 2. The number of carbonyl (C=O) groups is 2. The van der Waals surface area contributed by atoms with Gasteiger partial charge in [0, 0.05) is 23.4 Å². The summed E-state index contributed by atoms with van der Waals surface area (Å²) < 4.78 is 10.9. The van der Waals surface area contributed by atoms with Crippen molar-refractivity contribution >= 4 is 23.4 Å². The van der Waals surface area contributed by atoms with E-state index in [2.05, 4.69) is 0 Å². The van der Waals surface area contributed by atoms with E-state index in [4.69, 9.17) is 26.8 Å². The zero-order valence-electron chi connectivity index (χ0n) is 15.1. The molecule has 0 spiro atoms. The molecule has 6 heteroatoms. The molecular weight excluding hydrogens is 354 g/mol. The molecule has 138 valence electrons. The Morgan fingerprint density at radius 2 is 2.12 bits per heavy atom. The molecule has 3 rings (SSSR count). The van der Waals surface area contributed by atoms with Crippen LogP contribution in [0.15, 0.2) is 47.1 Å². The summed E-state index contributed by atoms with van der Waals surface area (Å²) in [4.78, 5) is 25.5. The van der Waals surface area contributed by atoms with Crippen LogP contribution in [0, 0.1) is 5.41 Å². The summed E-state index contributed by atoms with van der Waals surface area (Å²) in [5.41, 5.74) is 7.21. The highest BCUT2D eigenvalue weighted by molar-refractivity contribution is 6.30. The Hall–Kier alpha value is -2.27. The fourth-order valence-corrected chi connectivity index (χ4v) is 3.81. The summed E-state index contributed by atoms with van der Waals surface area (Å²) >= 11 is 6.15. The lowest BCUT2D eigenvalue weighted by Crippen LogP contribution is -2.35. The van der Waals surface area contributed by atoms with Gasteiger partial charge >= 0.3 is 5.97 Å². The first-order valence-corrected chi connectivity index (χ1v) is 8.97. The lowest BCUT2D eigenvalue weighted by molar-refractivity contribution is -0.139. The van der Waals surface area contributed by atoms with E-state index in [9.17, 15) is 9.59 Å². The normalized spacial score (nSPS) is 22.0. The average molecular weight is 376 g/mol. The first-order chi connectivity index (χ1) is 12.2. The maximum Gasteiger partial charge on any atom is 0.340 e. The second-order valence-corrected chi connectivity index (χ2v) is 7.80. The largest absolute Gasteiger partial charge is 0.462 e. The number of Topliss-reactive ketones (excluding diaryl/α,β-unsaturated/α-hetero) is 1. The van der Waals surface area contributed by atoms with E-state index >= 15 is 0 Å². The molecule has 0 saturated heterocycles. The third kappa shape index (κ3) is 3.36. The molecule has 1 unspecified atom stereocenters. The van der Waals surface area contributed by atoms with E-state index in [0.717, 1.165) is 0 Å². The quantitative estimate of drug-likeness (QED) is 0.812. The van der Waals surface area contributed by atoms with Gasteiger partial charge in [-0.05, 0) is 30.0 Å². The van der Waals surface area contributed by atoms with Crippen molar-refractivity contribution in [2.24, 2.45) is 11.1 Å². The molecule has 1 aromatic rings. The van der Waals surface area contributed by atoms with Gasteiger partial charge in [0.05, 0.1) is 12.5 Å². The molecule has 26 heavy (non-hydrogen) atoms. The predicted octanol–water partition coefficient (Wildman–Crippen LogP) is 3.83. The van der Waals surface area contributed by atoms with Gasteiger partial charge in [-0.15, -0.1) is 0 Å². The van der Waals surface area contributed by atoms with Gasteiger partial charge in [-0.2, -0.15) is 0 Å².